The van der Waals surface area contributed by atoms with Crippen molar-refractivity contribution in [2.24, 2.45) is 0 Å². The van der Waals surface area contributed by atoms with Gasteiger partial charge in [-0.2, -0.15) is 0 Å². The monoisotopic (exact) mass is 373 g/mol. The summed E-state index contributed by atoms with van der Waals surface area (Å²) in [5.74, 6) is -0.285. The van der Waals surface area contributed by atoms with Gasteiger partial charge in [-0.1, -0.05) is 18.2 Å². The number of benzene rings is 1. The molecule has 2 aromatic rings. The molecule has 0 fully saturated rings. The number of ether oxygens (including phenoxy) is 1. The van der Waals surface area contributed by atoms with Gasteiger partial charge in [-0.25, -0.2) is 4.39 Å². The van der Waals surface area contributed by atoms with Gasteiger partial charge in [0, 0.05) is 28.0 Å². The fraction of sp³-hybridized carbons (Fsp3) is 0.333. The van der Waals surface area contributed by atoms with Crippen molar-refractivity contribution in [3.8, 4) is 0 Å². The van der Waals surface area contributed by atoms with Crippen LogP contribution in [0.25, 0.3) is 0 Å². The molecule has 0 aliphatic carbocycles. The van der Waals surface area contributed by atoms with Crippen LogP contribution in [0.2, 0.25) is 0 Å². The molecule has 0 amide bonds. The highest BCUT2D eigenvalue weighted by atomic mass is 79.9. The third-order valence-electron chi connectivity index (χ3n) is 2.88. The molecular weight excluding hydrogens is 357 g/mol. The first-order chi connectivity index (χ1) is 10.2. The number of hydrogen-bond acceptors (Lipinski definition) is 4. The molecule has 0 saturated carbocycles. The van der Waals surface area contributed by atoms with Crippen molar-refractivity contribution in [1.29, 1.82) is 0 Å². The van der Waals surface area contributed by atoms with E-state index in [1.807, 2.05) is 11.4 Å². The van der Waals surface area contributed by atoms with E-state index >= 15 is 0 Å². The summed E-state index contributed by atoms with van der Waals surface area (Å²) in [5.41, 5.74) is 0.500. The zero-order valence-electron chi connectivity index (χ0n) is 11.4. The Bertz CT molecular complexity index is 564. The van der Waals surface area contributed by atoms with Crippen molar-refractivity contribution >= 4 is 27.3 Å². The largest absolute Gasteiger partial charge is 0.389 e. The van der Waals surface area contributed by atoms with E-state index < -0.39 is 6.10 Å². The molecule has 0 bridgehead atoms. The van der Waals surface area contributed by atoms with Crippen molar-refractivity contribution < 1.29 is 14.2 Å². The maximum Gasteiger partial charge on any atom is 0.128 e. The zero-order valence-corrected chi connectivity index (χ0v) is 13.8. The van der Waals surface area contributed by atoms with Crippen LogP contribution in [0.3, 0.4) is 0 Å². The molecule has 2 rings (SSSR count). The molecule has 0 aliphatic rings. The summed E-state index contributed by atoms with van der Waals surface area (Å²) in [4.78, 5) is 1.19. The molecule has 0 saturated heterocycles. The summed E-state index contributed by atoms with van der Waals surface area (Å²) < 4.78 is 19.8. The Morgan fingerprint density at radius 3 is 2.86 bits per heavy atom. The summed E-state index contributed by atoms with van der Waals surface area (Å²) in [6.07, 6.45) is -0.615. The molecule has 0 radical (unpaired) electrons. The van der Waals surface area contributed by atoms with Gasteiger partial charge in [0.05, 0.1) is 19.3 Å². The number of aliphatic hydroxyl groups is 1. The lowest BCUT2D eigenvalue weighted by Crippen LogP contribution is -2.30. The van der Waals surface area contributed by atoms with Crippen LogP contribution in [0.15, 0.2) is 40.2 Å². The molecule has 1 aromatic carbocycles. The van der Waals surface area contributed by atoms with E-state index in [0.29, 0.717) is 18.7 Å². The van der Waals surface area contributed by atoms with Gasteiger partial charge in [0.1, 0.15) is 5.82 Å². The van der Waals surface area contributed by atoms with Gasteiger partial charge in [0.25, 0.3) is 0 Å². The molecule has 1 unspecified atom stereocenters. The van der Waals surface area contributed by atoms with Crippen molar-refractivity contribution in [2.45, 2.75) is 19.3 Å². The molecule has 114 valence electrons. The lowest BCUT2D eigenvalue weighted by molar-refractivity contribution is 0.0278. The number of halogens is 2. The highest BCUT2D eigenvalue weighted by Crippen LogP contribution is 2.22. The van der Waals surface area contributed by atoms with Crippen molar-refractivity contribution in [3.05, 3.63) is 56.4 Å². The summed E-state index contributed by atoms with van der Waals surface area (Å²) in [6.45, 7) is 1.47. The summed E-state index contributed by atoms with van der Waals surface area (Å²) in [6, 6.07) is 8.47. The number of rotatable bonds is 8. The normalized spacial score (nSPS) is 12.5. The van der Waals surface area contributed by atoms with Gasteiger partial charge in [0.2, 0.25) is 0 Å². The van der Waals surface area contributed by atoms with Crippen LogP contribution in [-0.4, -0.2) is 24.4 Å². The Hall–Kier alpha value is -0.790. The highest BCUT2D eigenvalue weighted by molar-refractivity contribution is 9.10. The molecule has 1 aromatic heterocycles. The molecule has 1 atom stereocenters. The first kappa shape index (κ1) is 16.6. The smallest absolute Gasteiger partial charge is 0.128 e. The van der Waals surface area contributed by atoms with Crippen molar-refractivity contribution in [1.82, 2.24) is 5.32 Å². The maximum atomic E-state index is 13.4. The molecule has 6 heteroatoms. The van der Waals surface area contributed by atoms with E-state index in [-0.39, 0.29) is 19.0 Å². The van der Waals surface area contributed by atoms with Crippen LogP contribution in [0.5, 0.6) is 0 Å². The van der Waals surface area contributed by atoms with Gasteiger partial charge in [-0.05, 0) is 33.4 Å². The second-order valence-electron chi connectivity index (χ2n) is 4.58. The molecule has 0 aliphatic heterocycles. The van der Waals surface area contributed by atoms with Crippen molar-refractivity contribution in [2.75, 3.05) is 13.2 Å². The second kappa shape index (κ2) is 8.60. The van der Waals surface area contributed by atoms with Gasteiger partial charge < -0.3 is 15.2 Å². The predicted octanol–water partition coefficient (Wildman–Crippen LogP) is 3.32. The van der Waals surface area contributed by atoms with Gasteiger partial charge in [-0.3, -0.25) is 0 Å². The summed E-state index contributed by atoms with van der Waals surface area (Å²) in [5, 5.41) is 15.0. The van der Waals surface area contributed by atoms with Crippen molar-refractivity contribution in [3.63, 3.8) is 0 Å². The van der Waals surface area contributed by atoms with E-state index in [1.54, 1.807) is 29.5 Å². The molecular formula is C15H17BrFNO2S. The zero-order chi connectivity index (χ0) is 15.1. The van der Waals surface area contributed by atoms with Crippen LogP contribution in [-0.2, 0) is 17.9 Å². The molecule has 2 N–H and O–H groups in total. The minimum atomic E-state index is -0.615. The van der Waals surface area contributed by atoms with E-state index in [2.05, 4.69) is 21.2 Å². The van der Waals surface area contributed by atoms with E-state index in [4.69, 9.17) is 4.74 Å². The van der Waals surface area contributed by atoms with Crippen LogP contribution in [0.4, 0.5) is 4.39 Å². The topological polar surface area (TPSA) is 41.5 Å². The van der Waals surface area contributed by atoms with Crippen LogP contribution in [0.1, 0.15) is 10.4 Å². The first-order valence-corrected chi connectivity index (χ1v) is 8.26. The van der Waals surface area contributed by atoms with Crippen LogP contribution >= 0.6 is 27.3 Å². The van der Waals surface area contributed by atoms with Gasteiger partial charge in [0.15, 0.2) is 0 Å². The maximum absolute atomic E-state index is 13.4. The predicted molar refractivity (Wildman–Crippen MR) is 85.8 cm³/mol. The highest BCUT2D eigenvalue weighted by Gasteiger charge is 2.07. The van der Waals surface area contributed by atoms with Gasteiger partial charge >= 0.3 is 0 Å². The number of aliphatic hydroxyl groups excluding tert-OH is 1. The quantitative estimate of drug-likeness (QED) is 0.745. The van der Waals surface area contributed by atoms with Gasteiger partial charge in [-0.15, -0.1) is 11.3 Å². The molecule has 0 spiro atoms. The Balaban J connectivity index is 1.63. The Kier molecular flexibility index (Phi) is 6.79. The van der Waals surface area contributed by atoms with E-state index in [9.17, 15) is 9.50 Å². The third-order valence-corrected chi connectivity index (χ3v) is 4.81. The lowest BCUT2D eigenvalue weighted by Gasteiger charge is -2.12. The van der Waals surface area contributed by atoms with E-state index in [1.165, 1.54) is 10.9 Å². The Morgan fingerprint density at radius 1 is 1.33 bits per heavy atom. The number of thiophene rings is 1. The average Bonchev–Trinajstić information content (AvgIpc) is 2.87. The molecule has 1 heterocycles. The van der Waals surface area contributed by atoms with Crippen LogP contribution < -0.4 is 5.32 Å². The molecule has 3 nitrogen and oxygen atoms in total. The average molecular weight is 374 g/mol. The number of nitrogens with one attached hydrogen (secondary N) is 1. The minimum absolute atomic E-state index is 0.167. The number of hydrogen-bond donors (Lipinski definition) is 2. The van der Waals surface area contributed by atoms with E-state index in [0.717, 1.165) is 4.47 Å². The first-order valence-electron chi connectivity index (χ1n) is 6.58. The fourth-order valence-corrected chi connectivity index (χ4v) is 3.24. The fourth-order valence-electron chi connectivity index (χ4n) is 1.78. The second-order valence-corrected chi connectivity index (χ2v) is 6.44. The van der Waals surface area contributed by atoms with Crippen LogP contribution in [0, 0.1) is 5.82 Å². The Labute approximate surface area is 135 Å². The summed E-state index contributed by atoms with van der Waals surface area (Å²) >= 11 is 5.11. The Morgan fingerprint density at radius 2 is 2.14 bits per heavy atom. The third kappa shape index (κ3) is 5.48. The SMILES string of the molecule is OC(CNCc1sccc1Br)COCc1ccccc1F. The standard InChI is InChI=1S/C15H17BrFNO2S/c16-13-5-6-21-15(13)8-18-7-12(19)10-20-9-11-3-1-2-4-14(11)17/h1-6,12,18-19H,7-10H2. The minimum Gasteiger partial charge on any atom is -0.389 e. The molecule has 21 heavy (non-hydrogen) atoms. The summed E-state index contributed by atoms with van der Waals surface area (Å²) in [7, 11) is 0. The lowest BCUT2D eigenvalue weighted by atomic mass is 10.2.